The molecule has 1 atom stereocenters. The molecule has 0 bridgehead atoms. The van der Waals surface area contributed by atoms with E-state index in [-0.39, 0.29) is 6.04 Å². The molecule has 1 heterocycles. The second-order valence-electron chi connectivity index (χ2n) is 4.99. The lowest BCUT2D eigenvalue weighted by atomic mass is 10.1. The van der Waals surface area contributed by atoms with Crippen molar-refractivity contribution in [3.8, 4) is 0 Å². The van der Waals surface area contributed by atoms with Crippen molar-refractivity contribution in [2.45, 2.75) is 25.4 Å². The maximum Gasteiger partial charge on any atom is 0.320 e. The van der Waals surface area contributed by atoms with E-state index in [1.54, 1.807) is 0 Å². The normalized spacial score (nSPS) is 20.0. The van der Waals surface area contributed by atoms with Crippen LogP contribution in [0.1, 0.15) is 18.4 Å². The molecule has 1 N–H and O–H groups in total. The van der Waals surface area contributed by atoms with Crippen molar-refractivity contribution in [3.63, 3.8) is 0 Å². The van der Waals surface area contributed by atoms with Gasteiger partial charge in [-0.3, -0.25) is 9.69 Å². The van der Waals surface area contributed by atoms with Crippen molar-refractivity contribution in [3.05, 3.63) is 29.8 Å². The van der Waals surface area contributed by atoms with Gasteiger partial charge in [0.1, 0.15) is 6.04 Å². The number of hydrogen-bond acceptors (Lipinski definition) is 3. The topological polar surface area (TPSA) is 43.8 Å². The first-order chi connectivity index (χ1) is 8.59. The van der Waals surface area contributed by atoms with Crippen LogP contribution in [0, 0.1) is 0 Å². The Morgan fingerprint density at radius 1 is 1.44 bits per heavy atom. The van der Waals surface area contributed by atoms with E-state index in [9.17, 15) is 9.90 Å². The molecule has 1 aromatic carbocycles. The number of aliphatic carboxylic acids is 1. The number of carbonyl (C=O) groups is 1. The maximum atomic E-state index is 11.2. The van der Waals surface area contributed by atoms with Gasteiger partial charge in [0.2, 0.25) is 0 Å². The molecule has 2 rings (SSSR count). The van der Waals surface area contributed by atoms with Gasteiger partial charge in [0.05, 0.1) is 0 Å². The monoisotopic (exact) mass is 248 g/mol. The number of nitrogens with zero attached hydrogens (tertiary/aromatic N) is 2. The Kier molecular flexibility index (Phi) is 3.87. The number of likely N-dealkylation sites (tertiary alicyclic amines) is 1. The predicted molar refractivity (Wildman–Crippen MR) is 71.8 cm³/mol. The van der Waals surface area contributed by atoms with E-state index in [4.69, 9.17) is 0 Å². The number of carboxylic acid groups (broad SMARTS) is 1. The first-order valence-electron chi connectivity index (χ1n) is 6.31. The van der Waals surface area contributed by atoms with Gasteiger partial charge in [-0.25, -0.2) is 0 Å². The van der Waals surface area contributed by atoms with Crippen molar-refractivity contribution in [1.29, 1.82) is 0 Å². The van der Waals surface area contributed by atoms with E-state index < -0.39 is 5.97 Å². The van der Waals surface area contributed by atoms with Crippen LogP contribution in [0.15, 0.2) is 24.3 Å². The minimum Gasteiger partial charge on any atom is -0.480 e. The van der Waals surface area contributed by atoms with Crippen LogP contribution in [0.2, 0.25) is 0 Å². The van der Waals surface area contributed by atoms with Gasteiger partial charge in [-0.05, 0) is 31.0 Å². The lowest BCUT2D eigenvalue weighted by Gasteiger charge is -2.24. The molecule has 1 aromatic rings. The number of carboxylic acids is 1. The highest BCUT2D eigenvalue weighted by Crippen LogP contribution is 2.25. The number of para-hydroxylation sites is 1. The molecule has 1 saturated heterocycles. The zero-order valence-corrected chi connectivity index (χ0v) is 11.0. The van der Waals surface area contributed by atoms with Crippen LogP contribution >= 0.6 is 0 Å². The fourth-order valence-corrected chi connectivity index (χ4v) is 2.59. The van der Waals surface area contributed by atoms with Crippen molar-refractivity contribution in [2.24, 2.45) is 0 Å². The molecule has 1 unspecified atom stereocenters. The van der Waals surface area contributed by atoms with Crippen molar-refractivity contribution in [2.75, 3.05) is 25.5 Å². The second kappa shape index (κ2) is 5.40. The summed E-state index contributed by atoms with van der Waals surface area (Å²) >= 11 is 0. The fraction of sp³-hybridized carbons (Fsp3) is 0.500. The van der Waals surface area contributed by atoms with Crippen LogP contribution in [-0.4, -0.2) is 42.7 Å². The average molecular weight is 248 g/mol. The highest BCUT2D eigenvalue weighted by atomic mass is 16.4. The van der Waals surface area contributed by atoms with Crippen molar-refractivity contribution < 1.29 is 9.90 Å². The molecular weight excluding hydrogens is 228 g/mol. The molecule has 0 aromatic heterocycles. The highest BCUT2D eigenvalue weighted by Gasteiger charge is 2.30. The van der Waals surface area contributed by atoms with Crippen LogP contribution in [0.3, 0.4) is 0 Å². The summed E-state index contributed by atoms with van der Waals surface area (Å²) in [6, 6.07) is 7.85. The molecule has 0 saturated carbocycles. The molecule has 1 aliphatic rings. The standard InChI is InChI=1S/C14H20N2O2/c1-15(2)12-7-4-3-6-11(12)10-16-9-5-8-13(16)14(17)18/h3-4,6-7,13H,5,8-10H2,1-2H3,(H,17,18). The Hall–Kier alpha value is -1.55. The van der Waals surface area contributed by atoms with Gasteiger partial charge in [0.15, 0.2) is 0 Å². The summed E-state index contributed by atoms with van der Waals surface area (Å²) in [5.41, 5.74) is 2.35. The van der Waals surface area contributed by atoms with E-state index in [2.05, 4.69) is 21.9 Å². The molecule has 4 heteroatoms. The Morgan fingerprint density at radius 3 is 2.83 bits per heavy atom. The summed E-state index contributed by atoms with van der Waals surface area (Å²) in [5, 5.41) is 9.19. The third kappa shape index (κ3) is 2.64. The van der Waals surface area contributed by atoms with Gasteiger partial charge in [-0.2, -0.15) is 0 Å². The first-order valence-corrected chi connectivity index (χ1v) is 6.31. The minimum atomic E-state index is -0.699. The summed E-state index contributed by atoms with van der Waals surface area (Å²) in [4.78, 5) is 15.3. The van der Waals surface area contributed by atoms with Crippen LogP contribution in [-0.2, 0) is 11.3 Å². The third-order valence-electron chi connectivity index (χ3n) is 3.50. The fourth-order valence-electron chi connectivity index (χ4n) is 2.59. The minimum absolute atomic E-state index is 0.319. The van der Waals surface area contributed by atoms with Gasteiger partial charge < -0.3 is 10.0 Å². The summed E-state index contributed by atoms with van der Waals surface area (Å²) in [5.74, 6) is -0.699. The molecular formula is C14H20N2O2. The molecule has 98 valence electrons. The summed E-state index contributed by atoms with van der Waals surface area (Å²) in [7, 11) is 4.02. The van der Waals surface area contributed by atoms with Gasteiger partial charge in [-0.1, -0.05) is 18.2 Å². The zero-order chi connectivity index (χ0) is 13.1. The molecule has 4 nitrogen and oxygen atoms in total. The summed E-state index contributed by atoms with van der Waals surface area (Å²) < 4.78 is 0. The molecule has 1 aliphatic heterocycles. The maximum absolute atomic E-state index is 11.2. The van der Waals surface area contributed by atoms with E-state index in [0.29, 0.717) is 6.54 Å². The third-order valence-corrected chi connectivity index (χ3v) is 3.50. The summed E-state index contributed by atoms with van der Waals surface area (Å²) in [6.45, 7) is 1.59. The number of hydrogen-bond donors (Lipinski definition) is 1. The Bertz CT molecular complexity index is 432. The van der Waals surface area contributed by atoms with Gasteiger partial charge in [0, 0.05) is 26.3 Å². The Balaban J connectivity index is 2.16. The predicted octanol–water partition coefficient (Wildman–Crippen LogP) is 1.80. The molecule has 1 fully saturated rings. The lowest BCUT2D eigenvalue weighted by Crippen LogP contribution is -2.35. The highest BCUT2D eigenvalue weighted by molar-refractivity contribution is 5.73. The Morgan fingerprint density at radius 2 is 2.17 bits per heavy atom. The SMILES string of the molecule is CN(C)c1ccccc1CN1CCCC1C(=O)O. The van der Waals surface area contributed by atoms with E-state index in [0.717, 1.165) is 25.1 Å². The largest absolute Gasteiger partial charge is 0.480 e. The molecule has 0 radical (unpaired) electrons. The van der Waals surface area contributed by atoms with Gasteiger partial charge in [-0.15, -0.1) is 0 Å². The van der Waals surface area contributed by atoms with Crippen molar-refractivity contribution in [1.82, 2.24) is 4.90 Å². The number of rotatable bonds is 4. The van der Waals surface area contributed by atoms with Crippen LogP contribution in [0.5, 0.6) is 0 Å². The zero-order valence-electron chi connectivity index (χ0n) is 11.0. The van der Waals surface area contributed by atoms with E-state index >= 15 is 0 Å². The van der Waals surface area contributed by atoms with E-state index in [1.807, 2.05) is 26.2 Å². The average Bonchev–Trinajstić information content (AvgIpc) is 2.77. The summed E-state index contributed by atoms with van der Waals surface area (Å²) in [6.07, 6.45) is 1.74. The smallest absolute Gasteiger partial charge is 0.320 e. The quantitative estimate of drug-likeness (QED) is 0.882. The van der Waals surface area contributed by atoms with Crippen LogP contribution in [0.25, 0.3) is 0 Å². The van der Waals surface area contributed by atoms with Crippen molar-refractivity contribution >= 4 is 11.7 Å². The first kappa shape index (κ1) is 12.9. The van der Waals surface area contributed by atoms with Crippen LogP contribution in [0.4, 0.5) is 5.69 Å². The molecule has 0 amide bonds. The van der Waals surface area contributed by atoms with E-state index in [1.165, 1.54) is 5.56 Å². The van der Waals surface area contributed by atoms with Gasteiger partial charge in [0.25, 0.3) is 0 Å². The molecule has 0 aliphatic carbocycles. The Labute approximate surface area is 108 Å². The molecule has 18 heavy (non-hydrogen) atoms. The second-order valence-corrected chi connectivity index (χ2v) is 4.99. The number of anilines is 1. The van der Waals surface area contributed by atoms with Crippen LogP contribution < -0.4 is 4.90 Å². The number of benzene rings is 1. The lowest BCUT2D eigenvalue weighted by molar-refractivity contribution is -0.142. The van der Waals surface area contributed by atoms with Gasteiger partial charge >= 0.3 is 5.97 Å². The molecule has 0 spiro atoms.